The molecule has 4 rings (SSSR count). The van der Waals surface area contributed by atoms with E-state index in [1.54, 1.807) is 11.6 Å². The third kappa shape index (κ3) is 3.03. The minimum Gasteiger partial charge on any atom is -0.371 e. The maximum absolute atomic E-state index is 12.8. The molecule has 0 saturated carbocycles. The first-order valence-corrected chi connectivity index (χ1v) is 9.49. The van der Waals surface area contributed by atoms with Crippen LogP contribution < -0.4 is 21.6 Å². The van der Waals surface area contributed by atoms with Crippen molar-refractivity contribution in [3.05, 3.63) is 28.7 Å². The number of hydrogen-bond donors (Lipinski definition) is 2. The zero-order chi connectivity index (χ0) is 19.1. The Kier molecular flexibility index (Phi) is 4.51. The number of nitrogens with two attached hydrogens (primary N) is 1. The minimum absolute atomic E-state index is 0.238. The number of rotatable bonds is 3. The first-order chi connectivity index (χ1) is 13.0. The fourth-order valence-electron chi connectivity index (χ4n) is 4.21. The van der Waals surface area contributed by atoms with Crippen LogP contribution in [0, 0.1) is 5.92 Å². The lowest BCUT2D eigenvalue weighted by atomic mass is 9.97. The number of anilines is 1. The van der Waals surface area contributed by atoms with E-state index in [0.29, 0.717) is 12.3 Å². The van der Waals surface area contributed by atoms with Crippen LogP contribution in [0.5, 0.6) is 0 Å². The van der Waals surface area contributed by atoms with E-state index in [4.69, 9.17) is 5.73 Å². The molecular formula is C19H25N5O3. The average Bonchev–Trinajstić information content (AvgIpc) is 2.92. The molecule has 3 N–H and O–H groups in total. The Hall–Kier alpha value is -2.61. The fraction of sp³-hybridized carbons (Fsp3) is 0.526. The Balaban J connectivity index is 1.70. The molecule has 1 unspecified atom stereocenters. The largest absolute Gasteiger partial charge is 0.371 e. The van der Waals surface area contributed by atoms with Crippen molar-refractivity contribution in [1.29, 1.82) is 0 Å². The van der Waals surface area contributed by atoms with Crippen molar-refractivity contribution in [2.24, 2.45) is 18.7 Å². The lowest BCUT2D eigenvalue weighted by Gasteiger charge is -2.33. The molecule has 2 aliphatic heterocycles. The van der Waals surface area contributed by atoms with Gasteiger partial charge >= 0.3 is 5.69 Å². The van der Waals surface area contributed by atoms with Crippen molar-refractivity contribution >= 4 is 28.5 Å². The molecule has 2 aromatic rings. The molecule has 2 fully saturated rings. The Morgan fingerprint density at radius 2 is 1.85 bits per heavy atom. The van der Waals surface area contributed by atoms with Gasteiger partial charge in [0.25, 0.3) is 0 Å². The summed E-state index contributed by atoms with van der Waals surface area (Å²) in [6.45, 7) is 2.64. The Morgan fingerprint density at radius 3 is 2.52 bits per heavy atom. The summed E-state index contributed by atoms with van der Waals surface area (Å²) in [5.41, 5.74) is 8.13. The number of nitrogens with one attached hydrogen (secondary N) is 1. The van der Waals surface area contributed by atoms with Crippen LogP contribution in [0.25, 0.3) is 11.0 Å². The number of nitrogens with zero attached hydrogens (tertiary/aromatic N) is 3. The molecule has 2 saturated heterocycles. The average molecular weight is 371 g/mol. The van der Waals surface area contributed by atoms with Crippen molar-refractivity contribution in [3.8, 4) is 0 Å². The summed E-state index contributed by atoms with van der Waals surface area (Å²) < 4.78 is 3.09. The normalized spacial score (nSPS) is 21.7. The van der Waals surface area contributed by atoms with Gasteiger partial charge in [0, 0.05) is 32.2 Å². The van der Waals surface area contributed by atoms with Gasteiger partial charge in [0.1, 0.15) is 6.04 Å². The predicted molar refractivity (Wildman–Crippen MR) is 103 cm³/mol. The molecule has 1 aromatic heterocycles. The molecule has 8 heteroatoms. The summed E-state index contributed by atoms with van der Waals surface area (Å²) in [7, 11) is 1.72. The Labute approximate surface area is 156 Å². The highest BCUT2D eigenvalue weighted by molar-refractivity contribution is 6.00. The Bertz CT molecular complexity index is 952. The van der Waals surface area contributed by atoms with Gasteiger partial charge in [-0.05, 0) is 49.9 Å². The van der Waals surface area contributed by atoms with Gasteiger partial charge in [0.15, 0.2) is 0 Å². The first kappa shape index (κ1) is 17.8. The minimum atomic E-state index is -0.648. The molecule has 1 atom stereocenters. The SMILES string of the molecule is Cn1c(=O)n(C2CCC(=O)NC2=O)c2ccc(N3CCC(CN)CC3)cc21. The van der Waals surface area contributed by atoms with E-state index in [-0.39, 0.29) is 18.0 Å². The molecule has 1 aromatic carbocycles. The fourth-order valence-corrected chi connectivity index (χ4v) is 4.21. The van der Waals surface area contributed by atoms with Crippen molar-refractivity contribution in [2.75, 3.05) is 24.5 Å². The summed E-state index contributed by atoms with van der Waals surface area (Å²) in [6.07, 6.45) is 2.74. The van der Waals surface area contributed by atoms with Gasteiger partial charge in [-0.3, -0.25) is 24.0 Å². The maximum Gasteiger partial charge on any atom is 0.329 e. The van der Waals surface area contributed by atoms with E-state index in [1.165, 1.54) is 4.57 Å². The second-order valence-electron chi connectivity index (χ2n) is 7.52. The third-order valence-corrected chi connectivity index (χ3v) is 5.91. The van der Waals surface area contributed by atoms with Crippen molar-refractivity contribution in [3.63, 3.8) is 0 Å². The van der Waals surface area contributed by atoms with E-state index < -0.39 is 11.9 Å². The van der Waals surface area contributed by atoms with Crippen LogP contribution in [0.2, 0.25) is 0 Å². The zero-order valence-corrected chi connectivity index (χ0v) is 15.5. The van der Waals surface area contributed by atoms with Crippen LogP contribution >= 0.6 is 0 Å². The Morgan fingerprint density at radius 1 is 1.11 bits per heavy atom. The lowest BCUT2D eigenvalue weighted by molar-refractivity contribution is -0.135. The standard InChI is InChI=1S/C19H25N5O3/c1-22-16-10-13(23-8-6-12(11-20)7-9-23)2-3-14(16)24(19(22)27)15-4-5-17(25)21-18(15)26/h2-3,10,12,15H,4-9,11,20H2,1H3,(H,21,25,26). The number of aryl methyl sites for hydroxylation is 1. The van der Waals surface area contributed by atoms with Crippen LogP contribution in [0.1, 0.15) is 31.7 Å². The quantitative estimate of drug-likeness (QED) is 0.765. The number of benzene rings is 1. The summed E-state index contributed by atoms with van der Waals surface area (Å²) in [5.74, 6) is -0.107. The molecule has 0 aliphatic carbocycles. The number of piperidine rings is 2. The molecule has 0 spiro atoms. The van der Waals surface area contributed by atoms with E-state index in [9.17, 15) is 14.4 Å². The molecule has 3 heterocycles. The van der Waals surface area contributed by atoms with Crippen LogP contribution in [0.3, 0.4) is 0 Å². The first-order valence-electron chi connectivity index (χ1n) is 9.49. The number of amides is 2. The van der Waals surface area contributed by atoms with E-state index >= 15 is 0 Å². The molecule has 27 heavy (non-hydrogen) atoms. The summed E-state index contributed by atoms with van der Waals surface area (Å²) in [6, 6.07) is 5.28. The number of carbonyl (C=O) groups excluding carboxylic acids is 2. The lowest BCUT2D eigenvalue weighted by Crippen LogP contribution is -2.44. The van der Waals surface area contributed by atoms with Crippen LogP contribution in [-0.2, 0) is 16.6 Å². The molecule has 144 valence electrons. The number of hydrogen-bond acceptors (Lipinski definition) is 5. The van der Waals surface area contributed by atoms with Gasteiger partial charge in [-0.1, -0.05) is 0 Å². The van der Waals surface area contributed by atoms with Gasteiger partial charge in [0.2, 0.25) is 11.8 Å². The van der Waals surface area contributed by atoms with Crippen molar-refractivity contribution in [2.45, 2.75) is 31.7 Å². The molecule has 2 amide bonds. The number of imide groups is 1. The topological polar surface area (TPSA) is 102 Å². The van der Waals surface area contributed by atoms with E-state index in [0.717, 1.165) is 49.2 Å². The number of imidazole rings is 1. The molecule has 0 radical (unpaired) electrons. The highest BCUT2D eigenvalue weighted by Crippen LogP contribution is 2.28. The second-order valence-corrected chi connectivity index (χ2v) is 7.52. The number of fused-ring (bicyclic) bond motifs is 1. The number of carbonyl (C=O) groups is 2. The van der Waals surface area contributed by atoms with Gasteiger partial charge in [-0.15, -0.1) is 0 Å². The van der Waals surface area contributed by atoms with Gasteiger partial charge in [0.05, 0.1) is 11.0 Å². The van der Waals surface area contributed by atoms with Gasteiger partial charge < -0.3 is 10.6 Å². The van der Waals surface area contributed by atoms with Crippen LogP contribution in [0.15, 0.2) is 23.0 Å². The summed E-state index contributed by atoms with van der Waals surface area (Å²) in [4.78, 5) is 38.8. The van der Waals surface area contributed by atoms with E-state index in [2.05, 4.69) is 10.2 Å². The van der Waals surface area contributed by atoms with Crippen molar-refractivity contribution < 1.29 is 9.59 Å². The molecule has 8 nitrogen and oxygen atoms in total. The smallest absolute Gasteiger partial charge is 0.329 e. The molecule has 0 bridgehead atoms. The monoisotopic (exact) mass is 371 g/mol. The van der Waals surface area contributed by atoms with Crippen molar-refractivity contribution in [1.82, 2.24) is 14.5 Å². The third-order valence-electron chi connectivity index (χ3n) is 5.91. The van der Waals surface area contributed by atoms with Gasteiger partial charge in [-0.2, -0.15) is 0 Å². The maximum atomic E-state index is 12.8. The zero-order valence-electron chi connectivity index (χ0n) is 15.5. The number of aromatic nitrogens is 2. The highest BCUT2D eigenvalue weighted by atomic mass is 16.2. The summed E-state index contributed by atoms with van der Waals surface area (Å²) >= 11 is 0. The van der Waals surface area contributed by atoms with Crippen LogP contribution in [0.4, 0.5) is 5.69 Å². The predicted octanol–water partition coefficient (Wildman–Crippen LogP) is 0.493. The molecule has 2 aliphatic rings. The van der Waals surface area contributed by atoms with E-state index in [1.807, 2.05) is 18.2 Å². The second kappa shape index (κ2) is 6.84. The van der Waals surface area contributed by atoms with Gasteiger partial charge in [-0.25, -0.2) is 4.79 Å². The van der Waals surface area contributed by atoms with Crippen LogP contribution in [-0.4, -0.2) is 40.6 Å². The molecular weight excluding hydrogens is 346 g/mol. The highest BCUT2D eigenvalue weighted by Gasteiger charge is 2.31. The summed E-state index contributed by atoms with van der Waals surface area (Å²) in [5, 5.41) is 2.34.